The molecule has 0 heterocycles. The van der Waals surface area contributed by atoms with Crippen LogP contribution in [0.5, 0.6) is 0 Å². The number of rotatable bonds is 5. The number of aryl methyl sites for hydroxylation is 3. The monoisotopic (exact) mass is 429 g/mol. The maximum atomic E-state index is 13.8. The Kier molecular flexibility index (Phi) is 6.93. The zero-order valence-electron chi connectivity index (χ0n) is 17.7. The van der Waals surface area contributed by atoms with Gasteiger partial charge in [-0.1, -0.05) is 6.07 Å². The molecular formula is C24H25F2NO4. The summed E-state index contributed by atoms with van der Waals surface area (Å²) in [6, 6.07) is 4.80. The smallest absolute Gasteiger partial charge is 0.279 e. The molecule has 0 atom stereocenters. The van der Waals surface area contributed by atoms with Crippen LogP contribution in [0.4, 0.5) is 14.5 Å². The molecule has 2 aromatic carbocycles. The maximum Gasteiger partial charge on any atom is 0.279 e. The first-order valence-corrected chi connectivity index (χ1v) is 10.4. The highest BCUT2D eigenvalue weighted by molar-refractivity contribution is 5.80. The van der Waals surface area contributed by atoms with Gasteiger partial charge in [0.25, 0.3) is 5.69 Å². The highest BCUT2D eigenvalue weighted by Crippen LogP contribution is 2.35. The first-order chi connectivity index (χ1) is 14.7. The number of hydrogen-bond acceptors (Lipinski definition) is 4. The van der Waals surface area contributed by atoms with E-state index in [4.69, 9.17) is 0 Å². The number of Topliss-reactive ketones (excluding diaryl/α,β-unsaturated/α-hetero) is 2. The summed E-state index contributed by atoms with van der Waals surface area (Å²) >= 11 is 0. The average molecular weight is 429 g/mol. The molecule has 0 aromatic heterocycles. The summed E-state index contributed by atoms with van der Waals surface area (Å²) in [5.74, 6) is -1.11. The summed E-state index contributed by atoms with van der Waals surface area (Å²) in [5.41, 5.74) is 3.96. The van der Waals surface area contributed by atoms with E-state index in [1.54, 1.807) is 6.07 Å². The number of nitro groups is 1. The molecule has 0 spiro atoms. The van der Waals surface area contributed by atoms with Crippen LogP contribution in [0.2, 0.25) is 0 Å². The molecule has 0 fully saturated rings. The molecule has 0 aliphatic heterocycles. The van der Waals surface area contributed by atoms with Crippen LogP contribution in [-0.4, -0.2) is 16.5 Å². The molecule has 164 valence electrons. The third-order valence-electron chi connectivity index (χ3n) is 5.73. The predicted octanol–water partition coefficient (Wildman–Crippen LogP) is 4.80. The molecule has 0 amide bonds. The van der Waals surface area contributed by atoms with E-state index in [2.05, 4.69) is 0 Å². The molecule has 2 aliphatic carbocycles. The molecule has 31 heavy (non-hydrogen) atoms. The molecule has 0 saturated heterocycles. The highest BCUT2D eigenvalue weighted by atomic mass is 19.1. The Labute approximate surface area is 179 Å². The van der Waals surface area contributed by atoms with Crippen molar-refractivity contribution in [2.75, 3.05) is 0 Å². The topological polar surface area (TPSA) is 77.3 Å². The van der Waals surface area contributed by atoms with E-state index in [9.17, 15) is 28.5 Å². The van der Waals surface area contributed by atoms with Crippen LogP contribution < -0.4 is 0 Å². The van der Waals surface area contributed by atoms with Gasteiger partial charge in [-0.15, -0.1) is 0 Å². The Hall–Kier alpha value is -2.96. The number of carbonyl (C=O) groups excluding carboxylic acids is 2. The van der Waals surface area contributed by atoms with Crippen LogP contribution in [0, 0.1) is 21.7 Å². The van der Waals surface area contributed by atoms with Crippen molar-refractivity contribution in [1.82, 2.24) is 0 Å². The second-order valence-electron chi connectivity index (χ2n) is 8.26. The highest BCUT2D eigenvalue weighted by Gasteiger charge is 2.29. The number of hydrogen-bond donors (Lipinski definition) is 0. The number of halogens is 2. The van der Waals surface area contributed by atoms with Crippen LogP contribution >= 0.6 is 0 Å². The van der Waals surface area contributed by atoms with E-state index in [1.807, 2.05) is 6.07 Å². The van der Waals surface area contributed by atoms with E-state index in [1.165, 1.54) is 25.5 Å². The fourth-order valence-electron chi connectivity index (χ4n) is 4.42. The summed E-state index contributed by atoms with van der Waals surface area (Å²) in [6.45, 7) is 2.79. The Morgan fingerprint density at radius 1 is 0.871 bits per heavy atom. The normalized spacial score (nSPS) is 13.8. The number of ketones is 2. The van der Waals surface area contributed by atoms with E-state index in [-0.39, 0.29) is 41.5 Å². The predicted molar refractivity (Wildman–Crippen MR) is 112 cm³/mol. The van der Waals surface area contributed by atoms with E-state index in [0.29, 0.717) is 29.5 Å². The summed E-state index contributed by atoms with van der Waals surface area (Å²) in [7, 11) is 0. The fraction of sp³-hybridized carbons (Fsp3) is 0.417. The van der Waals surface area contributed by atoms with E-state index >= 15 is 0 Å². The third-order valence-corrected chi connectivity index (χ3v) is 5.73. The maximum absolute atomic E-state index is 13.8. The van der Waals surface area contributed by atoms with Crippen molar-refractivity contribution in [2.45, 2.75) is 65.2 Å². The average Bonchev–Trinajstić information content (AvgIpc) is 3.30. The van der Waals surface area contributed by atoms with Gasteiger partial charge in [-0.3, -0.25) is 19.7 Å². The van der Waals surface area contributed by atoms with Gasteiger partial charge in [0.1, 0.15) is 23.2 Å². The van der Waals surface area contributed by atoms with Gasteiger partial charge in [-0.05, 0) is 86.8 Å². The van der Waals surface area contributed by atoms with Gasteiger partial charge in [-0.25, -0.2) is 8.78 Å². The molecule has 7 heteroatoms. The Morgan fingerprint density at radius 3 is 2.03 bits per heavy atom. The van der Waals surface area contributed by atoms with Gasteiger partial charge in [0, 0.05) is 18.4 Å². The van der Waals surface area contributed by atoms with Crippen LogP contribution in [0.3, 0.4) is 0 Å². The van der Waals surface area contributed by atoms with Gasteiger partial charge in [0.05, 0.1) is 10.5 Å². The molecular weight excluding hydrogens is 404 g/mol. The lowest BCUT2D eigenvalue weighted by molar-refractivity contribution is -0.386. The Balaban J connectivity index is 0.000000179. The van der Waals surface area contributed by atoms with Gasteiger partial charge >= 0.3 is 0 Å². The van der Waals surface area contributed by atoms with Gasteiger partial charge in [-0.2, -0.15) is 0 Å². The number of benzene rings is 2. The summed E-state index contributed by atoms with van der Waals surface area (Å²) < 4.78 is 27.2. The second-order valence-corrected chi connectivity index (χ2v) is 8.26. The van der Waals surface area contributed by atoms with Crippen molar-refractivity contribution in [2.24, 2.45) is 0 Å². The summed E-state index contributed by atoms with van der Waals surface area (Å²) in [6.07, 6.45) is 5.20. The van der Waals surface area contributed by atoms with Crippen LogP contribution in [-0.2, 0) is 48.1 Å². The van der Waals surface area contributed by atoms with Crippen molar-refractivity contribution in [3.05, 3.63) is 73.3 Å². The van der Waals surface area contributed by atoms with E-state index in [0.717, 1.165) is 31.2 Å². The van der Waals surface area contributed by atoms with Crippen LogP contribution in [0.1, 0.15) is 60.1 Å². The van der Waals surface area contributed by atoms with Crippen molar-refractivity contribution in [3.8, 4) is 0 Å². The summed E-state index contributed by atoms with van der Waals surface area (Å²) in [4.78, 5) is 32.4. The molecule has 0 saturated carbocycles. The first kappa shape index (κ1) is 22.7. The van der Waals surface area contributed by atoms with Crippen molar-refractivity contribution >= 4 is 17.3 Å². The number of nitrogens with zero attached hydrogens (tertiary/aromatic N) is 1. The number of carbonyl (C=O) groups is 2. The fourth-order valence-corrected chi connectivity index (χ4v) is 4.42. The van der Waals surface area contributed by atoms with Crippen molar-refractivity contribution < 1.29 is 23.3 Å². The van der Waals surface area contributed by atoms with Gasteiger partial charge in [0.2, 0.25) is 0 Å². The minimum absolute atomic E-state index is 0.0156. The van der Waals surface area contributed by atoms with Gasteiger partial charge < -0.3 is 0 Å². The first-order valence-electron chi connectivity index (χ1n) is 10.4. The number of nitro benzene ring substituents is 1. The molecule has 4 rings (SSSR count). The molecule has 0 N–H and O–H groups in total. The van der Waals surface area contributed by atoms with Crippen LogP contribution in [0.25, 0.3) is 0 Å². The minimum atomic E-state index is -0.632. The molecule has 5 nitrogen and oxygen atoms in total. The SMILES string of the molecule is CC(=O)Cc1c(F)cc2c(c1[N+](=O)[O-])CCC2.CC(=O)Cc1cc2c(cc1F)CCC2. The third kappa shape index (κ3) is 5.21. The summed E-state index contributed by atoms with van der Waals surface area (Å²) in [5, 5.41) is 11.0. The largest absolute Gasteiger partial charge is 0.300 e. The zero-order chi connectivity index (χ0) is 22.7. The van der Waals surface area contributed by atoms with Crippen molar-refractivity contribution in [3.63, 3.8) is 0 Å². The zero-order valence-corrected chi connectivity index (χ0v) is 17.7. The Morgan fingerprint density at radius 2 is 1.42 bits per heavy atom. The molecule has 0 bridgehead atoms. The van der Waals surface area contributed by atoms with Gasteiger partial charge in [0.15, 0.2) is 0 Å². The van der Waals surface area contributed by atoms with Crippen molar-refractivity contribution in [1.29, 1.82) is 0 Å². The minimum Gasteiger partial charge on any atom is -0.300 e. The lowest BCUT2D eigenvalue weighted by Crippen LogP contribution is -2.07. The lowest BCUT2D eigenvalue weighted by Gasteiger charge is -2.07. The molecule has 2 aromatic rings. The van der Waals surface area contributed by atoms with E-state index < -0.39 is 10.7 Å². The van der Waals surface area contributed by atoms with Crippen LogP contribution in [0.15, 0.2) is 18.2 Å². The molecule has 0 radical (unpaired) electrons. The molecule has 2 aliphatic rings. The lowest BCUT2D eigenvalue weighted by atomic mass is 9.99. The second kappa shape index (κ2) is 9.45. The quantitative estimate of drug-likeness (QED) is 0.505. The Bertz CT molecular complexity index is 1060. The number of fused-ring (bicyclic) bond motifs is 2. The standard InChI is InChI=1S/C12H12FNO3.C12H13FO/c1-7(15)5-10-11(13)6-8-3-2-4-9(8)12(10)14(16)17;1-8(14)5-11-6-9-3-2-4-10(9)7-12(11)13/h6H,2-5H2,1H3;6-7H,2-5H2,1H3. The molecule has 0 unspecified atom stereocenters.